The van der Waals surface area contributed by atoms with Crippen molar-refractivity contribution in [3.05, 3.63) is 46.1 Å². The van der Waals surface area contributed by atoms with E-state index in [0.717, 1.165) is 31.2 Å². The number of aryl methyl sites for hydroxylation is 1. The lowest BCUT2D eigenvalue weighted by atomic mass is 9.84. The van der Waals surface area contributed by atoms with Gasteiger partial charge in [-0.15, -0.1) is 24.8 Å². The highest BCUT2D eigenvalue weighted by Crippen LogP contribution is 2.23. The van der Waals surface area contributed by atoms with Gasteiger partial charge in [0.05, 0.1) is 6.42 Å². The second kappa shape index (κ2) is 11.1. The number of nitrogens with one attached hydrogen (secondary N) is 2. The number of rotatable bonds is 5. The van der Waals surface area contributed by atoms with Gasteiger partial charge >= 0.3 is 0 Å². The number of nitrogens with zero attached hydrogens (tertiary/aromatic N) is 2. The summed E-state index contributed by atoms with van der Waals surface area (Å²) in [5, 5.41) is 3.06. The van der Waals surface area contributed by atoms with Crippen LogP contribution >= 0.6 is 24.8 Å². The first-order chi connectivity index (χ1) is 12.6. The molecule has 2 aromatic heterocycles. The largest absolute Gasteiger partial charge is 0.353 e. The van der Waals surface area contributed by atoms with Gasteiger partial charge in [0, 0.05) is 35.3 Å². The molecule has 2 atom stereocenters. The summed E-state index contributed by atoms with van der Waals surface area (Å²) in [4.78, 5) is 36.1. The highest BCUT2D eigenvalue weighted by Gasteiger charge is 2.25. The molecule has 28 heavy (non-hydrogen) atoms. The Kier molecular flexibility index (Phi) is 9.58. The number of carbonyl (C=O) groups excluding carboxylic acids is 1. The molecule has 4 N–H and O–H groups in total. The molecular formula is C19H27Cl2N5O2. The topological polar surface area (TPSA) is 114 Å². The van der Waals surface area contributed by atoms with Crippen molar-refractivity contribution in [2.24, 2.45) is 11.7 Å². The third-order valence-electron chi connectivity index (χ3n) is 5.07. The van der Waals surface area contributed by atoms with Crippen LogP contribution in [0.3, 0.4) is 0 Å². The van der Waals surface area contributed by atoms with Crippen molar-refractivity contribution in [2.75, 3.05) is 6.54 Å². The average Bonchev–Trinajstić information content (AvgIpc) is 2.65. The smallest absolute Gasteiger partial charge is 0.255 e. The maximum Gasteiger partial charge on any atom is 0.255 e. The third-order valence-corrected chi connectivity index (χ3v) is 5.07. The van der Waals surface area contributed by atoms with Gasteiger partial charge < -0.3 is 16.0 Å². The number of aromatic nitrogens is 3. The predicted octanol–water partition coefficient (Wildman–Crippen LogP) is 2.16. The summed E-state index contributed by atoms with van der Waals surface area (Å²) >= 11 is 0. The second-order valence-electron chi connectivity index (χ2n) is 6.85. The molecule has 9 heteroatoms. The van der Waals surface area contributed by atoms with Crippen molar-refractivity contribution in [1.82, 2.24) is 20.3 Å². The number of H-pyrrole nitrogens is 1. The fourth-order valence-electron chi connectivity index (χ4n) is 3.56. The fourth-order valence-corrected chi connectivity index (χ4v) is 3.56. The Morgan fingerprint density at radius 1 is 1.25 bits per heavy atom. The normalized spacial score (nSPS) is 18.5. The van der Waals surface area contributed by atoms with Gasteiger partial charge in [-0.05, 0) is 44.4 Å². The fraction of sp³-hybridized carbons (Fsp3) is 0.474. The summed E-state index contributed by atoms with van der Waals surface area (Å²) in [5.74, 6) is 0.649. The molecule has 2 unspecified atom stereocenters. The van der Waals surface area contributed by atoms with Crippen LogP contribution in [-0.2, 0) is 11.2 Å². The lowest BCUT2D eigenvalue weighted by Crippen LogP contribution is -2.45. The van der Waals surface area contributed by atoms with Crippen LogP contribution in [-0.4, -0.2) is 33.4 Å². The van der Waals surface area contributed by atoms with Gasteiger partial charge in [-0.2, -0.15) is 0 Å². The Labute approximate surface area is 176 Å². The van der Waals surface area contributed by atoms with Crippen LogP contribution in [0, 0.1) is 12.8 Å². The SMILES string of the molecule is Cc1nc(-c2ccncc2)[nH]c(=O)c1CC(=O)NC1CCCCC1CN.Cl.Cl. The molecule has 2 aromatic rings. The zero-order chi connectivity index (χ0) is 18.5. The number of hydrogen-bond acceptors (Lipinski definition) is 5. The minimum absolute atomic E-state index is 0. The van der Waals surface area contributed by atoms with E-state index in [1.807, 2.05) is 0 Å². The number of hydrogen-bond donors (Lipinski definition) is 3. The maximum absolute atomic E-state index is 12.5. The minimum atomic E-state index is -0.279. The zero-order valence-electron chi connectivity index (χ0n) is 15.8. The van der Waals surface area contributed by atoms with E-state index in [2.05, 4.69) is 20.3 Å². The first-order valence-electron chi connectivity index (χ1n) is 9.08. The van der Waals surface area contributed by atoms with Crippen LogP contribution in [0.2, 0.25) is 0 Å². The van der Waals surface area contributed by atoms with E-state index in [1.165, 1.54) is 0 Å². The lowest BCUT2D eigenvalue weighted by molar-refractivity contribution is -0.121. The van der Waals surface area contributed by atoms with Crippen LogP contribution in [0.5, 0.6) is 0 Å². The number of aromatic amines is 1. The molecule has 0 radical (unpaired) electrons. The van der Waals surface area contributed by atoms with Gasteiger partial charge in [0.15, 0.2) is 0 Å². The van der Waals surface area contributed by atoms with Crippen LogP contribution in [0.4, 0.5) is 0 Å². The summed E-state index contributed by atoms with van der Waals surface area (Å²) in [7, 11) is 0. The summed E-state index contributed by atoms with van der Waals surface area (Å²) in [6.07, 6.45) is 7.56. The molecule has 7 nitrogen and oxygen atoms in total. The van der Waals surface area contributed by atoms with Gasteiger partial charge in [0.2, 0.25) is 5.91 Å². The zero-order valence-corrected chi connectivity index (χ0v) is 17.4. The molecule has 0 spiro atoms. The Balaban J connectivity index is 0.00000196. The van der Waals surface area contributed by atoms with E-state index in [0.29, 0.717) is 29.5 Å². The maximum atomic E-state index is 12.5. The number of nitrogens with two attached hydrogens (primary N) is 1. The molecule has 0 aliphatic heterocycles. The standard InChI is InChI=1S/C19H25N5O2.2ClH/c1-12-15(10-17(25)23-16-5-3-2-4-14(16)11-20)19(26)24-18(22-12)13-6-8-21-9-7-13;;/h6-9,14,16H,2-5,10-11,20H2,1H3,(H,23,25)(H,22,24,26);2*1H. The highest BCUT2D eigenvalue weighted by molar-refractivity contribution is 5.85. The summed E-state index contributed by atoms with van der Waals surface area (Å²) in [5.41, 5.74) is 7.29. The van der Waals surface area contributed by atoms with Gasteiger partial charge in [-0.3, -0.25) is 14.6 Å². The molecule has 2 heterocycles. The minimum Gasteiger partial charge on any atom is -0.353 e. The molecule has 1 aliphatic carbocycles. The van der Waals surface area contributed by atoms with E-state index in [9.17, 15) is 9.59 Å². The molecular weight excluding hydrogens is 401 g/mol. The van der Waals surface area contributed by atoms with Crippen LogP contribution in [0.15, 0.2) is 29.3 Å². The first-order valence-corrected chi connectivity index (χ1v) is 9.08. The monoisotopic (exact) mass is 427 g/mol. The average molecular weight is 428 g/mol. The van der Waals surface area contributed by atoms with E-state index < -0.39 is 0 Å². The number of carbonyl (C=O) groups is 1. The highest BCUT2D eigenvalue weighted by atomic mass is 35.5. The van der Waals surface area contributed by atoms with Crippen LogP contribution in [0.25, 0.3) is 11.4 Å². The van der Waals surface area contributed by atoms with E-state index >= 15 is 0 Å². The number of halogens is 2. The molecule has 0 bridgehead atoms. The Morgan fingerprint density at radius 2 is 1.93 bits per heavy atom. The molecule has 1 aliphatic rings. The molecule has 0 saturated heterocycles. The van der Waals surface area contributed by atoms with Crippen molar-refractivity contribution in [3.63, 3.8) is 0 Å². The Bertz CT molecular complexity index is 829. The molecule has 1 saturated carbocycles. The molecule has 0 aromatic carbocycles. The van der Waals surface area contributed by atoms with Crippen molar-refractivity contribution in [2.45, 2.75) is 45.1 Å². The van der Waals surface area contributed by atoms with Crippen molar-refractivity contribution < 1.29 is 4.79 Å². The van der Waals surface area contributed by atoms with Gasteiger partial charge in [-0.1, -0.05) is 12.8 Å². The second-order valence-corrected chi connectivity index (χ2v) is 6.85. The number of pyridine rings is 1. The van der Waals surface area contributed by atoms with Crippen LogP contribution in [0.1, 0.15) is 36.9 Å². The number of amides is 1. The predicted molar refractivity (Wildman–Crippen MR) is 114 cm³/mol. The van der Waals surface area contributed by atoms with Crippen molar-refractivity contribution in [1.29, 1.82) is 0 Å². The first kappa shape index (κ1) is 24.1. The third kappa shape index (κ3) is 5.77. The van der Waals surface area contributed by atoms with Gasteiger partial charge in [0.1, 0.15) is 5.82 Å². The van der Waals surface area contributed by atoms with Gasteiger partial charge in [0.25, 0.3) is 5.56 Å². The van der Waals surface area contributed by atoms with E-state index in [1.54, 1.807) is 31.5 Å². The summed E-state index contributed by atoms with van der Waals surface area (Å²) in [6.45, 7) is 2.33. The van der Waals surface area contributed by atoms with Crippen molar-refractivity contribution in [3.8, 4) is 11.4 Å². The van der Waals surface area contributed by atoms with E-state index in [-0.39, 0.29) is 48.7 Å². The van der Waals surface area contributed by atoms with Crippen molar-refractivity contribution >= 4 is 30.7 Å². The molecule has 1 amide bonds. The lowest BCUT2D eigenvalue weighted by Gasteiger charge is -2.31. The quantitative estimate of drug-likeness (QED) is 0.676. The summed E-state index contributed by atoms with van der Waals surface area (Å²) in [6, 6.07) is 3.66. The molecule has 3 rings (SSSR count). The van der Waals surface area contributed by atoms with Gasteiger partial charge in [-0.25, -0.2) is 4.98 Å². The Morgan fingerprint density at radius 3 is 2.57 bits per heavy atom. The summed E-state index contributed by atoms with van der Waals surface area (Å²) < 4.78 is 0. The molecule has 154 valence electrons. The Hall–Kier alpha value is -1.96. The van der Waals surface area contributed by atoms with E-state index in [4.69, 9.17) is 5.73 Å². The molecule has 1 fully saturated rings. The van der Waals surface area contributed by atoms with Crippen LogP contribution < -0.4 is 16.6 Å².